The highest BCUT2D eigenvalue weighted by Gasteiger charge is 2.09. The third kappa shape index (κ3) is 3.82. The molecule has 0 saturated carbocycles. The van der Waals surface area contributed by atoms with Crippen LogP contribution in [-0.4, -0.2) is 10.9 Å². The third-order valence-electron chi connectivity index (χ3n) is 3.03. The normalized spacial score (nSPS) is 11.5. The minimum Gasteiger partial charge on any atom is -0.488 e. The van der Waals surface area contributed by atoms with Crippen LogP contribution < -0.4 is 4.74 Å². The van der Waals surface area contributed by atoms with Crippen molar-refractivity contribution in [3.63, 3.8) is 0 Å². The molecule has 0 aliphatic heterocycles. The fourth-order valence-electron chi connectivity index (χ4n) is 1.94. The molecule has 0 atom stereocenters. The number of halogens is 2. The molecule has 21 heavy (non-hydrogen) atoms. The van der Waals surface area contributed by atoms with Gasteiger partial charge in [0.1, 0.15) is 18.2 Å². The number of oxime groups is 1. The summed E-state index contributed by atoms with van der Waals surface area (Å²) in [6, 6.07) is 12.1. The second kappa shape index (κ2) is 7.22. The average molecular weight is 352 g/mol. The summed E-state index contributed by atoms with van der Waals surface area (Å²) in [5, 5.41) is 12.3. The van der Waals surface area contributed by atoms with E-state index >= 15 is 0 Å². The van der Waals surface area contributed by atoms with Gasteiger partial charge in [0, 0.05) is 5.56 Å². The molecular weight excluding hydrogens is 337 g/mol. The first-order chi connectivity index (χ1) is 10.2. The molecule has 0 heterocycles. The number of hydrogen-bond acceptors (Lipinski definition) is 3. The molecule has 0 saturated heterocycles. The van der Waals surface area contributed by atoms with Crippen molar-refractivity contribution in [3.8, 4) is 5.75 Å². The highest BCUT2D eigenvalue weighted by Crippen LogP contribution is 2.23. The molecule has 0 fully saturated rings. The first-order valence-corrected chi connectivity index (χ1v) is 7.32. The summed E-state index contributed by atoms with van der Waals surface area (Å²) in [7, 11) is 0. The Morgan fingerprint density at radius 1 is 1.29 bits per heavy atom. The summed E-state index contributed by atoms with van der Waals surface area (Å²) in [5.74, 6) is 0.326. The second-order valence-corrected chi connectivity index (χ2v) is 5.29. The van der Waals surface area contributed by atoms with Crippen molar-refractivity contribution in [2.24, 2.45) is 5.16 Å². The van der Waals surface area contributed by atoms with Gasteiger partial charge in [-0.2, -0.15) is 0 Å². The van der Waals surface area contributed by atoms with Crippen molar-refractivity contribution in [1.29, 1.82) is 0 Å². The highest BCUT2D eigenvalue weighted by molar-refractivity contribution is 9.10. The molecule has 2 aromatic rings. The van der Waals surface area contributed by atoms with E-state index in [1.54, 1.807) is 12.1 Å². The maximum absolute atomic E-state index is 13.2. The number of rotatable bonds is 5. The van der Waals surface area contributed by atoms with Crippen LogP contribution in [0.1, 0.15) is 24.5 Å². The van der Waals surface area contributed by atoms with Gasteiger partial charge in [-0.15, -0.1) is 0 Å². The minimum absolute atomic E-state index is 0.304. The Hall–Kier alpha value is -1.88. The van der Waals surface area contributed by atoms with E-state index < -0.39 is 0 Å². The van der Waals surface area contributed by atoms with E-state index in [-0.39, 0.29) is 5.82 Å². The molecule has 1 N–H and O–H groups in total. The zero-order valence-corrected chi connectivity index (χ0v) is 13.1. The van der Waals surface area contributed by atoms with E-state index in [0.717, 1.165) is 11.1 Å². The average Bonchev–Trinajstić information content (AvgIpc) is 2.51. The SMILES string of the molecule is CCC(=NO)c1ccccc1OCc1ccc(F)c(Br)c1. The topological polar surface area (TPSA) is 41.8 Å². The fourth-order valence-corrected chi connectivity index (χ4v) is 2.36. The maximum atomic E-state index is 13.2. The molecule has 0 aliphatic carbocycles. The Morgan fingerprint density at radius 2 is 2.05 bits per heavy atom. The lowest BCUT2D eigenvalue weighted by Crippen LogP contribution is -2.04. The predicted octanol–water partition coefficient (Wildman–Crippen LogP) is 4.76. The minimum atomic E-state index is -0.306. The summed E-state index contributed by atoms with van der Waals surface area (Å²) in [6.07, 6.45) is 0.596. The highest BCUT2D eigenvalue weighted by atomic mass is 79.9. The number of nitrogens with zero attached hydrogens (tertiary/aromatic N) is 1. The Labute approximate surface area is 131 Å². The second-order valence-electron chi connectivity index (χ2n) is 4.43. The van der Waals surface area contributed by atoms with Gasteiger partial charge in [-0.1, -0.05) is 30.3 Å². The molecular formula is C16H15BrFNO2. The molecule has 3 nitrogen and oxygen atoms in total. The number of ether oxygens (including phenoxy) is 1. The van der Waals surface area contributed by atoms with Crippen LogP contribution in [0.4, 0.5) is 4.39 Å². The molecule has 2 rings (SSSR count). The molecule has 0 amide bonds. The van der Waals surface area contributed by atoms with Crippen molar-refractivity contribution in [1.82, 2.24) is 0 Å². The lowest BCUT2D eigenvalue weighted by atomic mass is 10.1. The first kappa shape index (κ1) is 15.5. The molecule has 5 heteroatoms. The molecule has 0 radical (unpaired) electrons. The Balaban J connectivity index is 2.18. The van der Waals surface area contributed by atoms with Crippen LogP contribution in [0.15, 0.2) is 52.1 Å². The number of benzene rings is 2. The lowest BCUT2D eigenvalue weighted by molar-refractivity contribution is 0.303. The molecule has 110 valence electrons. The van der Waals surface area contributed by atoms with Crippen LogP contribution in [0.3, 0.4) is 0 Å². The molecule has 0 unspecified atom stereocenters. The fraction of sp³-hybridized carbons (Fsp3) is 0.188. The third-order valence-corrected chi connectivity index (χ3v) is 3.64. The van der Waals surface area contributed by atoms with Crippen molar-refractivity contribution in [2.75, 3.05) is 0 Å². The van der Waals surface area contributed by atoms with E-state index in [0.29, 0.717) is 29.0 Å². The van der Waals surface area contributed by atoms with Gasteiger partial charge in [0.25, 0.3) is 0 Å². The predicted molar refractivity (Wildman–Crippen MR) is 83.5 cm³/mol. The summed E-state index contributed by atoms with van der Waals surface area (Å²) < 4.78 is 19.4. The van der Waals surface area contributed by atoms with E-state index in [4.69, 9.17) is 9.94 Å². The van der Waals surface area contributed by atoms with Gasteiger partial charge in [0.15, 0.2) is 0 Å². The zero-order valence-electron chi connectivity index (χ0n) is 11.5. The Morgan fingerprint density at radius 3 is 2.71 bits per heavy atom. The van der Waals surface area contributed by atoms with Crippen LogP contribution in [0.25, 0.3) is 0 Å². The van der Waals surface area contributed by atoms with Gasteiger partial charge in [0.05, 0.1) is 10.2 Å². The van der Waals surface area contributed by atoms with Gasteiger partial charge in [0.2, 0.25) is 0 Å². The largest absolute Gasteiger partial charge is 0.488 e. The monoisotopic (exact) mass is 351 g/mol. The Kier molecular flexibility index (Phi) is 5.33. The molecule has 0 bridgehead atoms. The van der Waals surface area contributed by atoms with Gasteiger partial charge >= 0.3 is 0 Å². The smallest absolute Gasteiger partial charge is 0.137 e. The van der Waals surface area contributed by atoms with Crippen LogP contribution >= 0.6 is 15.9 Å². The summed E-state index contributed by atoms with van der Waals surface area (Å²) in [5.41, 5.74) is 2.16. The van der Waals surface area contributed by atoms with Crippen LogP contribution in [0, 0.1) is 5.82 Å². The van der Waals surface area contributed by atoms with Gasteiger partial charge < -0.3 is 9.94 Å². The summed E-state index contributed by atoms with van der Waals surface area (Å²) in [6.45, 7) is 2.21. The summed E-state index contributed by atoms with van der Waals surface area (Å²) >= 11 is 3.15. The number of hydrogen-bond donors (Lipinski definition) is 1. The van der Waals surface area contributed by atoms with Gasteiger partial charge in [-0.05, 0) is 52.2 Å². The Bertz CT molecular complexity index is 658. The van der Waals surface area contributed by atoms with Crippen molar-refractivity contribution in [3.05, 3.63) is 63.9 Å². The lowest BCUT2D eigenvalue weighted by Gasteiger charge is -2.12. The van der Waals surface area contributed by atoms with Crippen LogP contribution in [0.5, 0.6) is 5.75 Å². The van der Waals surface area contributed by atoms with Gasteiger partial charge in [-0.3, -0.25) is 0 Å². The quantitative estimate of drug-likeness (QED) is 0.479. The molecule has 0 aliphatic rings. The maximum Gasteiger partial charge on any atom is 0.137 e. The van der Waals surface area contributed by atoms with Gasteiger partial charge in [-0.25, -0.2) is 4.39 Å². The zero-order chi connectivity index (χ0) is 15.2. The molecule has 2 aromatic carbocycles. The standard InChI is InChI=1S/C16H15BrFNO2/c1-2-15(19-20)12-5-3-4-6-16(12)21-10-11-7-8-14(18)13(17)9-11/h3-9,20H,2,10H2,1H3. The van der Waals surface area contributed by atoms with Crippen molar-refractivity contribution < 1.29 is 14.3 Å². The molecule has 0 aromatic heterocycles. The first-order valence-electron chi connectivity index (χ1n) is 6.52. The van der Waals surface area contributed by atoms with Crippen LogP contribution in [-0.2, 0) is 6.61 Å². The summed E-state index contributed by atoms with van der Waals surface area (Å²) in [4.78, 5) is 0. The van der Waals surface area contributed by atoms with E-state index in [1.165, 1.54) is 6.07 Å². The van der Waals surface area contributed by atoms with Crippen molar-refractivity contribution in [2.45, 2.75) is 20.0 Å². The van der Waals surface area contributed by atoms with E-state index in [2.05, 4.69) is 21.1 Å². The van der Waals surface area contributed by atoms with Crippen LogP contribution in [0.2, 0.25) is 0 Å². The number of para-hydroxylation sites is 1. The van der Waals surface area contributed by atoms with E-state index in [1.807, 2.05) is 31.2 Å². The van der Waals surface area contributed by atoms with Crippen molar-refractivity contribution >= 4 is 21.6 Å². The van der Waals surface area contributed by atoms with E-state index in [9.17, 15) is 4.39 Å². The molecule has 0 spiro atoms.